The number of benzene rings is 8. The Morgan fingerprint density at radius 3 is 1.96 bits per heavy atom. The molecule has 2 aromatic heterocycles. The van der Waals surface area contributed by atoms with Gasteiger partial charge in [-0.05, 0) is 87.3 Å². The van der Waals surface area contributed by atoms with Crippen LogP contribution in [0.5, 0.6) is 0 Å². The van der Waals surface area contributed by atoms with Gasteiger partial charge in [-0.15, -0.1) is 11.3 Å². The van der Waals surface area contributed by atoms with Gasteiger partial charge in [-0.1, -0.05) is 109 Å². The summed E-state index contributed by atoms with van der Waals surface area (Å²) in [6.45, 7) is 0. The van der Waals surface area contributed by atoms with Crippen LogP contribution in [0, 0.1) is 0 Å². The van der Waals surface area contributed by atoms with Crippen molar-refractivity contribution in [1.29, 1.82) is 0 Å². The molecule has 0 aliphatic rings. The monoisotopic (exact) mass is 617 g/mol. The first-order chi connectivity index (χ1) is 23.3. The van der Waals surface area contributed by atoms with E-state index < -0.39 is 0 Å². The van der Waals surface area contributed by atoms with E-state index >= 15 is 0 Å². The summed E-state index contributed by atoms with van der Waals surface area (Å²) >= 11 is 1.87. The predicted octanol–water partition coefficient (Wildman–Crippen LogP) is 13.4. The van der Waals surface area contributed by atoms with Gasteiger partial charge in [0.2, 0.25) is 0 Å². The van der Waals surface area contributed by atoms with Crippen LogP contribution < -0.4 is 4.90 Å². The second-order valence-electron chi connectivity index (χ2n) is 12.1. The minimum atomic E-state index is 0.899. The summed E-state index contributed by atoms with van der Waals surface area (Å²) in [5.74, 6) is 0. The van der Waals surface area contributed by atoms with E-state index in [1.54, 1.807) is 0 Å². The zero-order valence-corrected chi connectivity index (χ0v) is 26.2. The third-order valence-corrected chi connectivity index (χ3v) is 10.6. The molecule has 220 valence electrons. The van der Waals surface area contributed by atoms with E-state index in [1.807, 2.05) is 11.3 Å². The first kappa shape index (κ1) is 26.3. The number of thiophene rings is 1. The maximum Gasteiger partial charge on any atom is 0.136 e. The minimum Gasteiger partial charge on any atom is -0.456 e. The SMILES string of the molecule is c1ccc(N(c2ccc(-c3cccc4ccccc34)cc2)c2ccc3oc4ccc5sc6c7ccccc7ccc6c5c4c3c2)cc1. The van der Waals surface area contributed by atoms with Gasteiger partial charge in [0.15, 0.2) is 0 Å². The summed E-state index contributed by atoms with van der Waals surface area (Å²) in [4.78, 5) is 2.34. The van der Waals surface area contributed by atoms with E-state index in [4.69, 9.17) is 4.42 Å². The third kappa shape index (κ3) is 4.10. The van der Waals surface area contributed by atoms with Gasteiger partial charge in [0.1, 0.15) is 11.2 Å². The first-order valence-corrected chi connectivity index (χ1v) is 16.7. The van der Waals surface area contributed by atoms with Crippen LogP contribution in [0.25, 0.3) is 74.8 Å². The van der Waals surface area contributed by atoms with Gasteiger partial charge in [0, 0.05) is 48.0 Å². The zero-order valence-electron chi connectivity index (χ0n) is 25.4. The fraction of sp³-hybridized carbons (Fsp3) is 0. The van der Waals surface area contributed by atoms with Crippen LogP contribution in [0.1, 0.15) is 0 Å². The van der Waals surface area contributed by atoms with Crippen molar-refractivity contribution in [2.45, 2.75) is 0 Å². The number of hydrogen-bond donors (Lipinski definition) is 0. The van der Waals surface area contributed by atoms with Crippen LogP contribution in [0.4, 0.5) is 17.1 Å². The topological polar surface area (TPSA) is 16.4 Å². The molecular formula is C44H27NOS. The minimum absolute atomic E-state index is 0.899. The summed E-state index contributed by atoms with van der Waals surface area (Å²) < 4.78 is 9.10. The average molecular weight is 618 g/mol. The molecule has 0 unspecified atom stereocenters. The molecule has 0 atom stereocenters. The summed E-state index contributed by atoms with van der Waals surface area (Å²) in [5.41, 5.74) is 7.56. The Hall–Kier alpha value is -5.90. The van der Waals surface area contributed by atoms with E-state index in [9.17, 15) is 0 Å². The van der Waals surface area contributed by atoms with Gasteiger partial charge < -0.3 is 9.32 Å². The Bertz CT molecular complexity index is 2790. The average Bonchev–Trinajstić information content (AvgIpc) is 3.70. The largest absolute Gasteiger partial charge is 0.456 e. The fourth-order valence-electron chi connectivity index (χ4n) is 7.28. The smallest absolute Gasteiger partial charge is 0.136 e. The van der Waals surface area contributed by atoms with Gasteiger partial charge in [-0.2, -0.15) is 0 Å². The van der Waals surface area contributed by atoms with Crippen molar-refractivity contribution in [2.24, 2.45) is 0 Å². The highest BCUT2D eigenvalue weighted by molar-refractivity contribution is 7.27. The molecule has 10 aromatic rings. The molecule has 0 N–H and O–H groups in total. The molecule has 0 fully saturated rings. The molecule has 3 heteroatoms. The van der Waals surface area contributed by atoms with Crippen molar-refractivity contribution in [2.75, 3.05) is 4.90 Å². The molecule has 10 rings (SSSR count). The Morgan fingerprint density at radius 1 is 0.426 bits per heavy atom. The van der Waals surface area contributed by atoms with E-state index in [1.165, 1.54) is 58.2 Å². The lowest BCUT2D eigenvalue weighted by Crippen LogP contribution is -2.09. The number of fused-ring (bicyclic) bond motifs is 10. The molecule has 0 saturated carbocycles. The molecule has 0 spiro atoms. The molecule has 47 heavy (non-hydrogen) atoms. The first-order valence-electron chi connectivity index (χ1n) is 15.9. The highest BCUT2D eigenvalue weighted by Crippen LogP contribution is 2.46. The maximum atomic E-state index is 6.50. The normalized spacial score (nSPS) is 11.8. The van der Waals surface area contributed by atoms with Crippen molar-refractivity contribution in [3.05, 3.63) is 164 Å². The number of nitrogens with zero attached hydrogens (tertiary/aromatic N) is 1. The van der Waals surface area contributed by atoms with Gasteiger partial charge in [0.05, 0.1) is 0 Å². The molecule has 2 nitrogen and oxygen atoms in total. The Kier molecular flexibility index (Phi) is 5.78. The predicted molar refractivity (Wildman–Crippen MR) is 202 cm³/mol. The lowest BCUT2D eigenvalue weighted by Gasteiger charge is -2.25. The number of rotatable bonds is 4. The summed E-state index contributed by atoms with van der Waals surface area (Å²) in [5, 5.41) is 9.95. The van der Waals surface area contributed by atoms with Gasteiger partial charge in [-0.3, -0.25) is 0 Å². The van der Waals surface area contributed by atoms with Crippen LogP contribution >= 0.6 is 11.3 Å². The summed E-state index contributed by atoms with van der Waals surface area (Å²) in [6, 6.07) is 58.8. The number of anilines is 3. The molecule has 0 aliphatic heterocycles. The molecule has 2 heterocycles. The van der Waals surface area contributed by atoms with Crippen molar-refractivity contribution in [1.82, 2.24) is 0 Å². The Labute approximate surface area is 275 Å². The molecular weight excluding hydrogens is 591 g/mol. The molecule has 0 radical (unpaired) electrons. The molecule has 0 saturated heterocycles. The molecule has 0 aliphatic carbocycles. The van der Waals surface area contributed by atoms with Crippen LogP contribution in [-0.2, 0) is 0 Å². The third-order valence-electron chi connectivity index (χ3n) is 9.44. The van der Waals surface area contributed by atoms with Crippen molar-refractivity contribution >= 4 is 92.1 Å². The quantitative estimate of drug-likeness (QED) is 0.195. The van der Waals surface area contributed by atoms with E-state index in [2.05, 4.69) is 169 Å². The summed E-state index contributed by atoms with van der Waals surface area (Å²) in [6.07, 6.45) is 0. The number of hydrogen-bond acceptors (Lipinski definition) is 3. The summed E-state index contributed by atoms with van der Waals surface area (Å²) in [7, 11) is 0. The van der Waals surface area contributed by atoms with Crippen LogP contribution in [0.15, 0.2) is 168 Å². The van der Waals surface area contributed by atoms with Crippen molar-refractivity contribution in [3.63, 3.8) is 0 Å². The molecule has 8 aromatic carbocycles. The zero-order chi connectivity index (χ0) is 30.9. The van der Waals surface area contributed by atoms with Crippen molar-refractivity contribution in [3.8, 4) is 11.1 Å². The second kappa shape index (κ2) is 10.3. The Morgan fingerprint density at radius 2 is 1.11 bits per heavy atom. The number of furan rings is 1. The Balaban J connectivity index is 1.17. The molecule has 0 bridgehead atoms. The highest BCUT2D eigenvalue weighted by atomic mass is 32.1. The standard InChI is InChI=1S/C44H27NOS/c1-2-12-31(13-3-1)45(32-20-17-30(18-21-32)35-16-8-11-28-9-4-6-14-34(28)35)33-22-24-39-38(27-33)42-40(46-39)25-26-41-43(42)37-23-19-29-10-5-7-15-36(29)44(37)47-41/h1-27H. The van der Waals surface area contributed by atoms with E-state index in [0.29, 0.717) is 0 Å². The van der Waals surface area contributed by atoms with Gasteiger partial charge in [-0.25, -0.2) is 0 Å². The van der Waals surface area contributed by atoms with Gasteiger partial charge in [0.25, 0.3) is 0 Å². The lowest BCUT2D eigenvalue weighted by atomic mass is 9.98. The van der Waals surface area contributed by atoms with E-state index in [0.717, 1.165) is 33.6 Å². The van der Waals surface area contributed by atoms with Crippen LogP contribution in [0.3, 0.4) is 0 Å². The molecule has 0 amide bonds. The highest BCUT2D eigenvalue weighted by Gasteiger charge is 2.19. The number of para-hydroxylation sites is 1. The lowest BCUT2D eigenvalue weighted by molar-refractivity contribution is 0.669. The second-order valence-corrected chi connectivity index (χ2v) is 13.2. The van der Waals surface area contributed by atoms with Crippen LogP contribution in [-0.4, -0.2) is 0 Å². The van der Waals surface area contributed by atoms with E-state index in [-0.39, 0.29) is 0 Å². The van der Waals surface area contributed by atoms with Crippen molar-refractivity contribution < 1.29 is 4.42 Å². The fourth-order valence-corrected chi connectivity index (χ4v) is 8.53. The maximum absolute atomic E-state index is 6.50. The van der Waals surface area contributed by atoms with Gasteiger partial charge >= 0.3 is 0 Å². The van der Waals surface area contributed by atoms with Crippen LogP contribution in [0.2, 0.25) is 0 Å².